The summed E-state index contributed by atoms with van der Waals surface area (Å²) in [7, 11) is 0. The van der Waals surface area contributed by atoms with Gasteiger partial charge in [-0.15, -0.1) is 0 Å². The van der Waals surface area contributed by atoms with Crippen molar-refractivity contribution in [3.63, 3.8) is 0 Å². The quantitative estimate of drug-likeness (QED) is 0.753. The first-order valence-corrected chi connectivity index (χ1v) is 7.42. The van der Waals surface area contributed by atoms with Gasteiger partial charge in [-0.3, -0.25) is 0 Å². The van der Waals surface area contributed by atoms with Crippen LogP contribution in [0.15, 0.2) is 66.7 Å². The first kappa shape index (κ1) is 13.8. The Kier molecular flexibility index (Phi) is 4.03. The van der Waals surface area contributed by atoms with Crippen molar-refractivity contribution in [3.05, 3.63) is 83.4 Å². The normalized spacial score (nSPS) is 12.5. The molecule has 0 radical (unpaired) electrons. The Hall–Kier alpha value is -2.12. The number of benzene rings is 3. The molecule has 21 heavy (non-hydrogen) atoms. The number of aryl methyl sites for hydroxylation is 1. The molecular formula is C20H20O. The van der Waals surface area contributed by atoms with Gasteiger partial charge in [-0.2, -0.15) is 0 Å². The predicted octanol–water partition coefficient (Wildman–Crippen LogP) is 4.29. The van der Waals surface area contributed by atoms with Gasteiger partial charge in [-0.25, -0.2) is 0 Å². The van der Waals surface area contributed by atoms with Crippen LogP contribution >= 0.6 is 0 Å². The monoisotopic (exact) mass is 276 g/mol. The fraction of sp³-hybridized carbons (Fsp3) is 0.200. The maximum atomic E-state index is 10.4. The molecule has 1 nitrogen and oxygen atoms in total. The van der Waals surface area contributed by atoms with Gasteiger partial charge in [0.2, 0.25) is 0 Å². The second kappa shape index (κ2) is 6.11. The van der Waals surface area contributed by atoms with E-state index in [4.69, 9.17) is 0 Å². The molecule has 3 aromatic carbocycles. The van der Waals surface area contributed by atoms with Crippen molar-refractivity contribution in [2.75, 3.05) is 0 Å². The Balaban J connectivity index is 1.79. The molecule has 1 N–H and O–H groups in total. The third-order valence-corrected chi connectivity index (χ3v) is 3.89. The zero-order valence-corrected chi connectivity index (χ0v) is 12.3. The number of rotatable bonds is 4. The van der Waals surface area contributed by atoms with Crippen molar-refractivity contribution in [1.82, 2.24) is 0 Å². The van der Waals surface area contributed by atoms with Crippen molar-refractivity contribution < 1.29 is 5.11 Å². The first-order valence-electron chi connectivity index (χ1n) is 7.42. The van der Waals surface area contributed by atoms with Crippen LogP contribution in [0.25, 0.3) is 10.8 Å². The molecule has 0 bridgehead atoms. The Morgan fingerprint density at radius 1 is 0.857 bits per heavy atom. The highest BCUT2D eigenvalue weighted by atomic mass is 16.3. The third-order valence-electron chi connectivity index (χ3n) is 3.89. The Morgan fingerprint density at radius 3 is 2.48 bits per heavy atom. The molecule has 0 amide bonds. The van der Waals surface area contributed by atoms with E-state index in [0.717, 1.165) is 0 Å². The molecule has 0 aliphatic rings. The van der Waals surface area contributed by atoms with Crippen molar-refractivity contribution >= 4 is 10.8 Å². The zero-order valence-electron chi connectivity index (χ0n) is 12.3. The molecule has 0 aliphatic carbocycles. The maximum absolute atomic E-state index is 10.4. The van der Waals surface area contributed by atoms with Crippen molar-refractivity contribution in [2.45, 2.75) is 25.9 Å². The molecule has 0 heterocycles. The lowest BCUT2D eigenvalue weighted by molar-refractivity contribution is 0.176. The van der Waals surface area contributed by atoms with Gasteiger partial charge in [0.15, 0.2) is 0 Å². The van der Waals surface area contributed by atoms with Gasteiger partial charge in [0.05, 0.1) is 6.10 Å². The number of aliphatic hydroxyl groups excluding tert-OH is 1. The van der Waals surface area contributed by atoms with E-state index in [0.29, 0.717) is 12.8 Å². The number of fused-ring (bicyclic) bond motifs is 1. The lowest BCUT2D eigenvalue weighted by atomic mass is 9.96. The van der Waals surface area contributed by atoms with E-state index in [-0.39, 0.29) is 6.10 Å². The smallest absolute Gasteiger partial charge is 0.0621 e. The van der Waals surface area contributed by atoms with Gasteiger partial charge in [-0.1, -0.05) is 72.3 Å². The molecule has 1 atom stereocenters. The highest BCUT2D eigenvalue weighted by Crippen LogP contribution is 2.20. The molecule has 0 spiro atoms. The second-order valence-electron chi connectivity index (χ2n) is 5.69. The maximum Gasteiger partial charge on any atom is 0.0621 e. The minimum absolute atomic E-state index is 0.349. The number of hydrogen-bond donors (Lipinski definition) is 1. The molecule has 0 aliphatic heterocycles. The van der Waals surface area contributed by atoms with Crippen LogP contribution in [0, 0.1) is 6.92 Å². The second-order valence-corrected chi connectivity index (χ2v) is 5.69. The summed E-state index contributed by atoms with van der Waals surface area (Å²) in [5, 5.41) is 12.9. The average Bonchev–Trinajstić information content (AvgIpc) is 2.47. The molecule has 1 unspecified atom stereocenters. The fourth-order valence-corrected chi connectivity index (χ4v) is 2.91. The summed E-state index contributed by atoms with van der Waals surface area (Å²) in [5.74, 6) is 0. The average molecular weight is 276 g/mol. The van der Waals surface area contributed by atoms with Crippen LogP contribution in [0.4, 0.5) is 0 Å². The molecule has 0 saturated heterocycles. The molecule has 3 aromatic rings. The van der Waals surface area contributed by atoms with Gasteiger partial charge in [0.25, 0.3) is 0 Å². The Bertz CT molecular complexity index is 740. The van der Waals surface area contributed by atoms with Crippen LogP contribution in [0.1, 0.15) is 16.7 Å². The van der Waals surface area contributed by atoms with E-state index >= 15 is 0 Å². The molecule has 3 rings (SSSR count). The van der Waals surface area contributed by atoms with Crippen LogP contribution in [-0.2, 0) is 12.8 Å². The van der Waals surface area contributed by atoms with Gasteiger partial charge < -0.3 is 5.11 Å². The van der Waals surface area contributed by atoms with Crippen LogP contribution in [0.2, 0.25) is 0 Å². The third kappa shape index (κ3) is 3.32. The lowest BCUT2D eigenvalue weighted by Crippen LogP contribution is -2.14. The topological polar surface area (TPSA) is 20.2 Å². The Labute approximate surface area is 125 Å². The van der Waals surface area contributed by atoms with Gasteiger partial charge >= 0.3 is 0 Å². The van der Waals surface area contributed by atoms with E-state index in [1.54, 1.807) is 0 Å². The van der Waals surface area contributed by atoms with Crippen LogP contribution < -0.4 is 0 Å². The largest absolute Gasteiger partial charge is 0.392 e. The number of aliphatic hydroxyl groups is 1. The van der Waals surface area contributed by atoms with E-state index < -0.39 is 0 Å². The molecule has 0 fully saturated rings. The lowest BCUT2D eigenvalue weighted by Gasteiger charge is -2.13. The summed E-state index contributed by atoms with van der Waals surface area (Å²) in [6.07, 6.45) is 1.04. The van der Waals surface area contributed by atoms with E-state index in [1.165, 1.54) is 27.5 Å². The molecule has 0 saturated carbocycles. The van der Waals surface area contributed by atoms with Crippen LogP contribution in [-0.4, -0.2) is 11.2 Å². The Morgan fingerprint density at radius 2 is 1.62 bits per heavy atom. The highest BCUT2D eigenvalue weighted by molar-refractivity contribution is 5.85. The van der Waals surface area contributed by atoms with E-state index in [1.807, 2.05) is 0 Å². The summed E-state index contributed by atoms with van der Waals surface area (Å²) < 4.78 is 0. The fourth-order valence-electron chi connectivity index (χ4n) is 2.91. The minimum atomic E-state index is -0.349. The van der Waals surface area contributed by atoms with Gasteiger partial charge in [0, 0.05) is 0 Å². The molecule has 1 heteroatoms. The summed E-state index contributed by atoms with van der Waals surface area (Å²) in [6.45, 7) is 2.08. The van der Waals surface area contributed by atoms with Gasteiger partial charge in [-0.05, 0) is 41.7 Å². The summed E-state index contributed by atoms with van der Waals surface area (Å²) in [5.41, 5.74) is 3.65. The van der Waals surface area contributed by atoms with E-state index in [9.17, 15) is 5.11 Å². The van der Waals surface area contributed by atoms with E-state index in [2.05, 4.69) is 73.7 Å². The number of hydrogen-bond acceptors (Lipinski definition) is 1. The molecular weight excluding hydrogens is 256 g/mol. The molecule has 106 valence electrons. The summed E-state index contributed by atoms with van der Waals surface area (Å²) in [6, 6.07) is 23.0. The van der Waals surface area contributed by atoms with Crippen molar-refractivity contribution in [1.29, 1.82) is 0 Å². The standard InChI is InChI=1S/C20H20O/c1-15-6-4-7-16(12-15)13-19(21)14-18-10-5-9-17-8-2-3-11-20(17)18/h2-12,19,21H,13-14H2,1H3. The molecule has 0 aromatic heterocycles. The minimum Gasteiger partial charge on any atom is -0.392 e. The SMILES string of the molecule is Cc1cccc(CC(O)Cc2cccc3ccccc23)c1. The van der Waals surface area contributed by atoms with Crippen molar-refractivity contribution in [3.8, 4) is 0 Å². The van der Waals surface area contributed by atoms with Crippen molar-refractivity contribution in [2.24, 2.45) is 0 Å². The summed E-state index contributed by atoms with van der Waals surface area (Å²) in [4.78, 5) is 0. The van der Waals surface area contributed by atoms with Crippen LogP contribution in [0.3, 0.4) is 0 Å². The van der Waals surface area contributed by atoms with Gasteiger partial charge in [0.1, 0.15) is 0 Å². The highest BCUT2D eigenvalue weighted by Gasteiger charge is 2.09. The zero-order chi connectivity index (χ0) is 14.7. The summed E-state index contributed by atoms with van der Waals surface area (Å²) >= 11 is 0. The van der Waals surface area contributed by atoms with Crippen LogP contribution in [0.5, 0.6) is 0 Å². The first-order chi connectivity index (χ1) is 10.2. The predicted molar refractivity (Wildman–Crippen MR) is 88.5 cm³/mol.